The number of aromatic nitrogens is 1. The number of anilines is 1. The fraction of sp³-hybridized carbons (Fsp3) is 0.462. The summed E-state index contributed by atoms with van der Waals surface area (Å²) in [6, 6.07) is 11.1. The van der Waals surface area contributed by atoms with Crippen molar-refractivity contribution < 1.29 is 23.7 Å². The molecule has 188 valence electrons. The van der Waals surface area contributed by atoms with E-state index < -0.39 is 0 Å². The predicted molar refractivity (Wildman–Crippen MR) is 139 cm³/mol. The Morgan fingerprint density at radius 1 is 1.14 bits per heavy atom. The highest BCUT2D eigenvalue weighted by atomic mass is 32.1. The third kappa shape index (κ3) is 6.04. The Hall–Kier alpha value is -2.88. The van der Waals surface area contributed by atoms with Crippen molar-refractivity contribution in [3.63, 3.8) is 0 Å². The Balaban J connectivity index is 1.66. The van der Waals surface area contributed by atoms with Crippen LogP contribution in [0.3, 0.4) is 0 Å². The molecule has 1 amide bonds. The topological polar surface area (TPSA) is 73.4 Å². The molecule has 1 fully saturated rings. The summed E-state index contributed by atoms with van der Waals surface area (Å²) >= 11 is 1.43. The van der Waals surface area contributed by atoms with Gasteiger partial charge in [0.25, 0.3) is 5.91 Å². The van der Waals surface area contributed by atoms with E-state index in [-0.39, 0.29) is 5.91 Å². The van der Waals surface area contributed by atoms with Crippen LogP contribution in [0.1, 0.15) is 30.1 Å². The van der Waals surface area contributed by atoms with Crippen LogP contribution in [0.15, 0.2) is 36.4 Å². The van der Waals surface area contributed by atoms with Gasteiger partial charge in [0.15, 0.2) is 5.13 Å². The van der Waals surface area contributed by atoms with Gasteiger partial charge >= 0.3 is 0 Å². The van der Waals surface area contributed by atoms with E-state index in [1.165, 1.54) is 11.3 Å². The quantitative estimate of drug-likeness (QED) is 0.360. The molecule has 1 aliphatic rings. The number of fused-ring (bicyclic) bond motifs is 1. The van der Waals surface area contributed by atoms with Gasteiger partial charge in [-0.2, -0.15) is 0 Å². The summed E-state index contributed by atoms with van der Waals surface area (Å²) in [7, 11) is 3.25. The highest BCUT2D eigenvalue weighted by molar-refractivity contribution is 7.22. The molecule has 0 atom stereocenters. The SMILES string of the molecule is CCCCOc1cccc(C(=O)N(CCN2CCOCC2)c2nc3c(OC)ccc(OC)c3s2)c1. The summed E-state index contributed by atoms with van der Waals surface area (Å²) in [6.07, 6.45) is 2.03. The highest BCUT2D eigenvalue weighted by Crippen LogP contribution is 2.40. The number of hydrogen-bond acceptors (Lipinski definition) is 8. The van der Waals surface area contributed by atoms with Crippen molar-refractivity contribution in [3.8, 4) is 17.2 Å². The molecule has 1 aromatic heterocycles. The number of benzene rings is 2. The number of hydrogen-bond donors (Lipinski definition) is 0. The average Bonchev–Trinajstić information content (AvgIpc) is 3.34. The van der Waals surface area contributed by atoms with Gasteiger partial charge in [-0.05, 0) is 36.8 Å². The zero-order chi connectivity index (χ0) is 24.6. The van der Waals surface area contributed by atoms with E-state index in [1.807, 2.05) is 36.4 Å². The van der Waals surface area contributed by atoms with E-state index in [4.69, 9.17) is 23.9 Å². The molecule has 2 heterocycles. The largest absolute Gasteiger partial charge is 0.495 e. The van der Waals surface area contributed by atoms with Crippen molar-refractivity contribution in [1.82, 2.24) is 9.88 Å². The summed E-state index contributed by atoms with van der Waals surface area (Å²) in [5.74, 6) is 1.94. The summed E-state index contributed by atoms with van der Waals surface area (Å²) in [5, 5.41) is 0.610. The first-order chi connectivity index (χ1) is 17.1. The molecular weight excluding hydrogens is 466 g/mol. The van der Waals surface area contributed by atoms with Gasteiger partial charge in [-0.25, -0.2) is 4.98 Å². The second-order valence-corrected chi connectivity index (χ2v) is 9.26. The minimum atomic E-state index is -0.115. The summed E-state index contributed by atoms with van der Waals surface area (Å²) in [4.78, 5) is 22.7. The Kier molecular flexibility index (Phi) is 8.79. The van der Waals surface area contributed by atoms with Crippen LogP contribution in [-0.2, 0) is 4.74 Å². The second-order valence-electron chi connectivity index (χ2n) is 8.28. The molecule has 0 N–H and O–H groups in total. The second kappa shape index (κ2) is 12.2. The van der Waals surface area contributed by atoms with Crippen LogP contribution >= 0.6 is 11.3 Å². The van der Waals surface area contributed by atoms with Crippen LogP contribution in [-0.4, -0.2) is 76.0 Å². The number of unbranched alkanes of at least 4 members (excludes halogenated alkanes) is 1. The zero-order valence-corrected chi connectivity index (χ0v) is 21.4. The lowest BCUT2D eigenvalue weighted by Crippen LogP contribution is -2.43. The summed E-state index contributed by atoms with van der Waals surface area (Å²) < 4.78 is 23.3. The number of nitrogens with zero attached hydrogens (tertiary/aromatic N) is 3. The average molecular weight is 500 g/mol. The predicted octanol–water partition coefficient (Wildman–Crippen LogP) is 4.47. The molecule has 35 heavy (non-hydrogen) atoms. The summed E-state index contributed by atoms with van der Waals surface area (Å²) in [6.45, 7) is 7.11. The molecular formula is C26H33N3O5S. The van der Waals surface area contributed by atoms with E-state index >= 15 is 0 Å². The molecule has 0 aliphatic carbocycles. The number of methoxy groups -OCH3 is 2. The molecule has 4 rings (SSSR count). The molecule has 0 bridgehead atoms. The van der Waals surface area contributed by atoms with Gasteiger partial charge < -0.3 is 18.9 Å². The molecule has 0 saturated carbocycles. The minimum absolute atomic E-state index is 0.115. The molecule has 0 unspecified atom stereocenters. The van der Waals surface area contributed by atoms with E-state index in [9.17, 15) is 4.79 Å². The van der Waals surface area contributed by atoms with Crippen molar-refractivity contribution in [1.29, 1.82) is 0 Å². The molecule has 0 radical (unpaired) electrons. The standard InChI is InChI=1S/C26H33N3O5S/c1-4-5-15-34-20-8-6-7-19(18-20)25(30)29(12-11-28-13-16-33-17-14-28)26-27-23-21(31-2)9-10-22(32-3)24(23)35-26/h6-10,18H,4-5,11-17H2,1-3H3. The molecule has 8 nitrogen and oxygen atoms in total. The number of morpholine rings is 1. The van der Waals surface area contributed by atoms with Gasteiger partial charge in [-0.15, -0.1) is 0 Å². The van der Waals surface area contributed by atoms with Crippen LogP contribution in [0.25, 0.3) is 10.2 Å². The maximum Gasteiger partial charge on any atom is 0.260 e. The van der Waals surface area contributed by atoms with Crippen LogP contribution < -0.4 is 19.1 Å². The molecule has 1 aliphatic heterocycles. The molecule has 3 aromatic rings. The Bertz CT molecular complexity index is 1090. The lowest BCUT2D eigenvalue weighted by molar-refractivity contribution is 0.0391. The number of carbonyl (C=O) groups is 1. The molecule has 9 heteroatoms. The number of amides is 1. The Morgan fingerprint density at radius 2 is 1.91 bits per heavy atom. The first-order valence-electron chi connectivity index (χ1n) is 12.0. The molecule has 1 saturated heterocycles. The van der Waals surface area contributed by atoms with Gasteiger partial charge in [0.05, 0.1) is 34.0 Å². The maximum atomic E-state index is 13.8. The first-order valence-corrected chi connectivity index (χ1v) is 12.8. The van der Waals surface area contributed by atoms with Crippen molar-refractivity contribution in [3.05, 3.63) is 42.0 Å². The van der Waals surface area contributed by atoms with Crippen LogP contribution in [0.5, 0.6) is 17.2 Å². The first kappa shape index (κ1) is 25.2. The van der Waals surface area contributed by atoms with E-state index in [2.05, 4.69) is 11.8 Å². The van der Waals surface area contributed by atoms with E-state index in [0.29, 0.717) is 59.8 Å². The number of thiazole rings is 1. The Morgan fingerprint density at radius 3 is 2.66 bits per heavy atom. The van der Waals surface area contributed by atoms with Gasteiger partial charge in [0.1, 0.15) is 27.5 Å². The fourth-order valence-electron chi connectivity index (χ4n) is 3.95. The lowest BCUT2D eigenvalue weighted by atomic mass is 10.2. The minimum Gasteiger partial charge on any atom is -0.495 e. The lowest BCUT2D eigenvalue weighted by Gasteiger charge is -2.29. The van der Waals surface area contributed by atoms with Gasteiger partial charge in [0.2, 0.25) is 0 Å². The van der Waals surface area contributed by atoms with Crippen LogP contribution in [0, 0.1) is 0 Å². The van der Waals surface area contributed by atoms with Gasteiger partial charge in [-0.3, -0.25) is 14.6 Å². The zero-order valence-electron chi connectivity index (χ0n) is 20.6. The van der Waals surface area contributed by atoms with E-state index in [1.54, 1.807) is 19.1 Å². The number of carbonyl (C=O) groups excluding carboxylic acids is 1. The molecule has 0 spiro atoms. The van der Waals surface area contributed by atoms with Crippen LogP contribution in [0.2, 0.25) is 0 Å². The smallest absolute Gasteiger partial charge is 0.260 e. The number of ether oxygens (including phenoxy) is 4. The van der Waals surface area contributed by atoms with Crippen molar-refractivity contribution in [2.45, 2.75) is 19.8 Å². The fourth-order valence-corrected chi connectivity index (χ4v) is 5.05. The van der Waals surface area contributed by atoms with Crippen molar-refractivity contribution >= 4 is 32.6 Å². The monoisotopic (exact) mass is 499 g/mol. The van der Waals surface area contributed by atoms with Crippen molar-refractivity contribution in [2.75, 3.05) is 65.1 Å². The molecule has 2 aromatic carbocycles. The summed E-state index contributed by atoms with van der Waals surface area (Å²) in [5.41, 5.74) is 1.26. The highest BCUT2D eigenvalue weighted by Gasteiger charge is 2.25. The Labute approximate surface area is 210 Å². The third-order valence-corrected chi connectivity index (χ3v) is 7.06. The van der Waals surface area contributed by atoms with E-state index in [0.717, 1.165) is 37.2 Å². The van der Waals surface area contributed by atoms with Crippen molar-refractivity contribution in [2.24, 2.45) is 0 Å². The van der Waals surface area contributed by atoms with Gasteiger partial charge in [-0.1, -0.05) is 30.7 Å². The maximum absolute atomic E-state index is 13.8. The van der Waals surface area contributed by atoms with Gasteiger partial charge in [0, 0.05) is 31.7 Å². The third-order valence-electron chi connectivity index (χ3n) is 5.97. The number of rotatable bonds is 11. The van der Waals surface area contributed by atoms with Crippen LogP contribution in [0.4, 0.5) is 5.13 Å². The normalized spacial score (nSPS) is 14.1.